The van der Waals surface area contributed by atoms with E-state index in [2.05, 4.69) is 10.4 Å². The molecule has 0 aliphatic heterocycles. The number of nitrogens with zero attached hydrogens (tertiary/aromatic N) is 3. The quantitative estimate of drug-likeness (QED) is 0.614. The highest BCUT2D eigenvalue weighted by Gasteiger charge is 2.29. The molecule has 0 saturated carbocycles. The van der Waals surface area contributed by atoms with Gasteiger partial charge < -0.3 is 5.32 Å². The highest BCUT2D eigenvalue weighted by Crippen LogP contribution is 2.23. The standard InChI is InChI=1S/C10H16N4O3/c1-4-6-11-10(15)9-8(14(16)17)7(5-2)12-13(9)3/h4-6H2,1-3H3,(H,11,15). The highest BCUT2D eigenvalue weighted by molar-refractivity contribution is 5.96. The summed E-state index contributed by atoms with van der Waals surface area (Å²) in [5, 5.41) is 17.6. The number of aromatic nitrogens is 2. The maximum atomic E-state index is 11.8. The van der Waals surface area contributed by atoms with E-state index in [4.69, 9.17) is 0 Å². The van der Waals surface area contributed by atoms with Gasteiger partial charge in [0.15, 0.2) is 0 Å². The summed E-state index contributed by atoms with van der Waals surface area (Å²) in [6.45, 7) is 4.17. The van der Waals surface area contributed by atoms with Gasteiger partial charge in [-0.3, -0.25) is 19.6 Å². The summed E-state index contributed by atoms with van der Waals surface area (Å²) in [7, 11) is 1.53. The van der Waals surface area contributed by atoms with E-state index in [9.17, 15) is 14.9 Å². The van der Waals surface area contributed by atoms with Gasteiger partial charge in [0.2, 0.25) is 5.69 Å². The van der Waals surface area contributed by atoms with Crippen molar-refractivity contribution in [1.29, 1.82) is 0 Å². The molecule has 17 heavy (non-hydrogen) atoms. The molecule has 1 aromatic heterocycles. The fraction of sp³-hybridized carbons (Fsp3) is 0.600. The van der Waals surface area contributed by atoms with Crippen LogP contribution in [0, 0.1) is 10.1 Å². The van der Waals surface area contributed by atoms with Crippen molar-refractivity contribution in [3.05, 3.63) is 21.5 Å². The van der Waals surface area contributed by atoms with Crippen LogP contribution in [-0.2, 0) is 13.5 Å². The van der Waals surface area contributed by atoms with Gasteiger partial charge in [0.25, 0.3) is 5.91 Å². The zero-order valence-electron chi connectivity index (χ0n) is 10.2. The minimum atomic E-state index is -0.549. The lowest BCUT2D eigenvalue weighted by Crippen LogP contribution is -2.26. The van der Waals surface area contributed by atoms with Gasteiger partial charge in [0, 0.05) is 13.6 Å². The Morgan fingerprint density at radius 2 is 2.18 bits per heavy atom. The molecule has 1 heterocycles. The first-order chi connectivity index (χ1) is 8.02. The molecule has 1 amide bonds. The van der Waals surface area contributed by atoms with Crippen molar-refractivity contribution in [2.24, 2.45) is 7.05 Å². The van der Waals surface area contributed by atoms with E-state index in [0.717, 1.165) is 6.42 Å². The van der Waals surface area contributed by atoms with Crippen molar-refractivity contribution >= 4 is 11.6 Å². The molecule has 0 atom stereocenters. The van der Waals surface area contributed by atoms with Crippen LogP contribution in [0.5, 0.6) is 0 Å². The summed E-state index contributed by atoms with van der Waals surface area (Å²) < 4.78 is 1.27. The lowest BCUT2D eigenvalue weighted by Gasteiger charge is -2.02. The third-order valence-corrected chi connectivity index (χ3v) is 2.36. The normalized spacial score (nSPS) is 10.3. The molecule has 0 bridgehead atoms. The third kappa shape index (κ3) is 2.61. The first kappa shape index (κ1) is 13.1. The monoisotopic (exact) mass is 240 g/mol. The van der Waals surface area contributed by atoms with Gasteiger partial charge in [0.1, 0.15) is 5.69 Å². The van der Waals surface area contributed by atoms with Crippen LogP contribution in [0.3, 0.4) is 0 Å². The molecular formula is C10H16N4O3. The summed E-state index contributed by atoms with van der Waals surface area (Å²) in [6, 6.07) is 0. The molecule has 0 aliphatic rings. The van der Waals surface area contributed by atoms with Crippen LogP contribution in [0.2, 0.25) is 0 Å². The number of carbonyl (C=O) groups excluding carboxylic acids is 1. The Morgan fingerprint density at radius 3 is 2.65 bits per heavy atom. The maximum Gasteiger partial charge on any atom is 0.323 e. The Kier molecular flexibility index (Phi) is 4.19. The van der Waals surface area contributed by atoms with Crippen molar-refractivity contribution in [3.63, 3.8) is 0 Å². The molecule has 0 unspecified atom stereocenters. The molecule has 0 spiro atoms. The van der Waals surface area contributed by atoms with Crippen LogP contribution in [0.15, 0.2) is 0 Å². The Morgan fingerprint density at radius 1 is 1.53 bits per heavy atom. The fourth-order valence-corrected chi connectivity index (χ4v) is 1.58. The second-order valence-corrected chi connectivity index (χ2v) is 3.63. The number of nitro groups is 1. The molecule has 7 heteroatoms. The van der Waals surface area contributed by atoms with Crippen LogP contribution < -0.4 is 5.32 Å². The molecule has 0 radical (unpaired) electrons. The van der Waals surface area contributed by atoms with Gasteiger partial charge >= 0.3 is 5.69 Å². The van der Waals surface area contributed by atoms with E-state index in [1.807, 2.05) is 6.92 Å². The first-order valence-electron chi connectivity index (χ1n) is 5.51. The van der Waals surface area contributed by atoms with Crippen LogP contribution in [0.25, 0.3) is 0 Å². The van der Waals surface area contributed by atoms with E-state index in [1.165, 1.54) is 11.7 Å². The predicted octanol–water partition coefficient (Wildman–Crippen LogP) is 1.03. The van der Waals surface area contributed by atoms with Gasteiger partial charge in [-0.15, -0.1) is 0 Å². The van der Waals surface area contributed by atoms with Crippen molar-refractivity contribution in [2.75, 3.05) is 6.54 Å². The molecule has 1 N–H and O–H groups in total. The summed E-state index contributed by atoms with van der Waals surface area (Å²) in [4.78, 5) is 22.2. The Bertz CT molecular complexity index is 439. The van der Waals surface area contributed by atoms with Crippen molar-refractivity contribution < 1.29 is 9.72 Å². The number of rotatable bonds is 5. The highest BCUT2D eigenvalue weighted by atomic mass is 16.6. The van der Waals surface area contributed by atoms with Gasteiger partial charge in [-0.05, 0) is 12.8 Å². The average Bonchev–Trinajstić information content (AvgIpc) is 2.63. The molecule has 94 valence electrons. The molecule has 1 aromatic rings. The number of hydrogen-bond donors (Lipinski definition) is 1. The van der Waals surface area contributed by atoms with Crippen molar-refractivity contribution in [1.82, 2.24) is 15.1 Å². The summed E-state index contributed by atoms with van der Waals surface area (Å²) in [5.41, 5.74) is 0.156. The zero-order chi connectivity index (χ0) is 13.0. The molecule has 0 fully saturated rings. The molecule has 0 saturated heterocycles. The Labute approximate surface area is 99.0 Å². The number of carbonyl (C=O) groups is 1. The van der Waals surface area contributed by atoms with Gasteiger partial charge in [-0.1, -0.05) is 13.8 Å². The van der Waals surface area contributed by atoms with E-state index in [-0.39, 0.29) is 11.4 Å². The summed E-state index contributed by atoms with van der Waals surface area (Å²) in [6.07, 6.45) is 1.20. The lowest BCUT2D eigenvalue weighted by atomic mass is 10.2. The molecule has 1 rings (SSSR count). The topological polar surface area (TPSA) is 90.1 Å². The minimum absolute atomic E-state index is 0.0142. The number of amides is 1. The van der Waals surface area contributed by atoms with E-state index >= 15 is 0 Å². The molecule has 0 aliphatic carbocycles. The second kappa shape index (κ2) is 5.42. The third-order valence-electron chi connectivity index (χ3n) is 2.36. The summed E-state index contributed by atoms with van der Waals surface area (Å²) >= 11 is 0. The summed E-state index contributed by atoms with van der Waals surface area (Å²) in [5.74, 6) is -0.451. The number of nitrogens with one attached hydrogen (secondary N) is 1. The number of aryl methyl sites for hydroxylation is 2. The van der Waals surface area contributed by atoms with Crippen LogP contribution >= 0.6 is 0 Å². The van der Waals surface area contributed by atoms with Crippen LogP contribution in [-0.4, -0.2) is 27.2 Å². The predicted molar refractivity (Wildman–Crippen MR) is 61.9 cm³/mol. The van der Waals surface area contributed by atoms with Crippen LogP contribution in [0.1, 0.15) is 36.5 Å². The fourth-order valence-electron chi connectivity index (χ4n) is 1.58. The second-order valence-electron chi connectivity index (χ2n) is 3.63. The maximum absolute atomic E-state index is 11.8. The Hall–Kier alpha value is -1.92. The minimum Gasteiger partial charge on any atom is -0.350 e. The van der Waals surface area contributed by atoms with Gasteiger partial charge in [0.05, 0.1) is 4.92 Å². The van der Waals surface area contributed by atoms with E-state index in [1.54, 1.807) is 6.92 Å². The SMILES string of the molecule is CCCNC(=O)c1c([N+](=O)[O-])c(CC)nn1C. The molecule has 7 nitrogen and oxygen atoms in total. The van der Waals surface area contributed by atoms with Crippen LogP contribution in [0.4, 0.5) is 5.69 Å². The van der Waals surface area contributed by atoms with E-state index in [0.29, 0.717) is 18.7 Å². The Balaban J connectivity index is 3.17. The van der Waals surface area contributed by atoms with Gasteiger partial charge in [-0.2, -0.15) is 5.10 Å². The van der Waals surface area contributed by atoms with E-state index < -0.39 is 10.8 Å². The molecule has 0 aromatic carbocycles. The lowest BCUT2D eigenvalue weighted by molar-refractivity contribution is -0.385. The van der Waals surface area contributed by atoms with Crippen molar-refractivity contribution in [3.8, 4) is 0 Å². The number of hydrogen-bond acceptors (Lipinski definition) is 4. The van der Waals surface area contributed by atoms with Crippen molar-refractivity contribution in [2.45, 2.75) is 26.7 Å². The first-order valence-corrected chi connectivity index (χ1v) is 5.51. The van der Waals surface area contributed by atoms with Gasteiger partial charge in [-0.25, -0.2) is 0 Å². The largest absolute Gasteiger partial charge is 0.350 e. The zero-order valence-corrected chi connectivity index (χ0v) is 10.2. The molecular weight excluding hydrogens is 224 g/mol. The average molecular weight is 240 g/mol. The smallest absolute Gasteiger partial charge is 0.323 e.